The van der Waals surface area contributed by atoms with E-state index in [9.17, 15) is 4.79 Å². The molecule has 0 amide bonds. The van der Waals surface area contributed by atoms with Crippen LogP contribution in [0.1, 0.15) is 32.0 Å². The largest absolute Gasteiger partial charge is 0.480 e. The lowest BCUT2D eigenvalue weighted by atomic mass is 10.0. The van der Waals surface area contributed by atoms with Crippen molar-refractivity contribution in [2.75, 3.05) is 0 Å². The van der Waals surface area contributed by atoms with Crippen molar-refractivity contribution in [2.24, 2.45) is 5.73 Å². The molecule has 17 heavy (non-hydrogen) atoms. The third kappa shape index (κ3) is 2.78. The fourth-order valence-electron chi connectivity index (χ4n) is 1.90. The van der Waals surface area contributed by atoms with Gasteiger partial charge in [0, 0.05) is 11.7 Å². The highest BCUT2D eigenvalue weighted by atomic mass is 32.2. The average Bonchev–Trinajstić information content (AvgIpc) is 2.87. The van der Waals surface area contributed by atoms with Crippen LogP contribution in [0.4, 0.5) is 0 Å². The minimum absolute atomic E-state index is 0.244. The highest BCUT2D eigenvalue weighted by Crippen LogP contribution is 2.39. The van der Waals surface area contributed by atoms with Gasteiger partial charge < -0.3 is 10.8 Å². The van der Waals surface area contributed by atoms with Gasteiger partial charge in [-0.05, 0) is 30.8 Å². The standard InChI is InChI=1S/C10H15N3O2S2/c1-2-7-12-9(17-13-7)16-6-3-4-10(11,5-6)8(14)15/h6H,2-5,11H2,1H3,(H,14,15). The van der Waals surface area contributed by atoms with Gasteiger partial charge in [0.1, 0.15) is 11.4 Å². The molecule has 0 spiro atoms. The van der Waals surface area contributed by atoms with Crippen LogP contribution < -0.4 is 5.73 Å². The third-order valence-electron chi connectivity index (χ3n) is 2.96. The summed E-state index contributed by atoms with van der Waals surface area (Å²) in [4.78, 5) is 15.4. The Labute approximate surface area is 108 Å². The second kappa shape index (κ2) is 4.91. The molecule has 0 saturated heterocycles. The summed E-state index contributed by atoms with van der Waals surface area (Å²) >= 11 is 2.99. The Balaban J connectivity index is 1.96. The Morgan fingerprint density at radius 3 is 3.06 bits per heavy atom. The predicted molar refractivity (Wildman–Crippen MR) is 67.3 cm³/mol. The van der Waals surface area contributed by atoms with Crippen LogP contribution in [0.25, 0.3) is 0 Å². The Morgan fingerprint density at radius 2 is 2.53 bits per heavy atom. The number of aromatic nitrogens is 2. The number of aliphatic carboxylic acids is 1. The van der Waals surface area contributed by atoms with Crippen molar-refractivity contribution < 1.29 is 9.90 Å². The van der Waals surface area contributed by atoms with Crippen molar-refractivity contribution in [3.63, 3.8) is 0 Å². The van der Waals surface area contributed by atoms with E-state index in [0.717, 1.165) is 23.0 Å². The fraction of sp³-hybridized carbons (Fsp3) is 0.700. The summed E-state index contributed by atoms with van der Waals surface area (Å²) in [6.45, 7) is 2.02. The minimum atomic E-state index is -1.05. The predicted octanol–water partition coefficient (Wildman–Crippen LogP) is 1.53. The SMILES string of the molecule is CCc1nsc(SC2CCC(N)(C(=O)O)C2)n1. The zero-order chi connectivity index (χ0) is 12.5. The molecule has 2 atom stereocenters. The molecule has 2 unspecified atom stereocenters. The first kappa shape index (κ1) is 12.8. The molecular weight excluding hydrogens is 258 g/mol. The smallest absolute Gasteiger partial charge is 0.323 e. The van der Waals surface area contributed by atoms with Crippen LogP contribution in [0, 0.1) is 0 Å². The van der Waals surface area contributed by atoms with E-state index in [0.29, 0.717) is 12.8 Å². The monoisotopic (exact) mass is 273 g/mol. The van der Waals surface area contributed by atoms with Gasteiger partial charge in [0.25, 0.3) is 0 Å². The number of carbonyl (C=O) groups is 1. The lowest BCUT2D eigenvalue weighted by Crippen LogP contribution is -2.45. The van der Waals surface area contributed by atoms with Crippen LogP contribution in [-0.2, 0) is 11.2 Å². The topological polar surface area (TPSA) is 89.1 Å². The summed E-state index contributed by atoms with van der Waals surface area (Å²) in [6.07, 6.45) is 2.71. The summed E-state index contributed by atoms with van der Waals surface area (Å²) in [5.74, 6) is -0.0418. The number of carboxylic acids is 1. The van der Waals surface area contributed by atoms with Gasteiger partial charge in [-0.1, -0.05) is 18.7 Å². The number of aryl methyl sites for hydroxylation is 1. The third-order valence-corrected chi connectivity index (χ3v) is 5.05. The second-order valence-corrected chi connectivity index (χ2v) is 6.57. The number of carboxylic acid groups (broad SMARTS) is 1. The lowest BCUT2D eigenvalue weighted by molar-refractivity contribution is -0.143. The molecule has 1 heterocycles. The summed E-state index contributed by atoms with van der Waals surface area (Å²) in [6, 6.07) is 0. The van der Waals surface area contributed by atoms with Crippen LogP contribution in [0.15, 0.2) is 4.34 Å². The van der Waals surface area contributed by atoms with E-state index in [1.807, 2.05) is 6.92 Å². The molecule has 7 heteroatoms. The van der Waals surface area contributed by atoms with Crippen molar-refractivity contribution in [2.45, 2.75) is 47.7 Å². The van der Waals surface area contributed by atoms with E-state index >= 15 is 0 Å². The first-order valence-corrected chi connectivity index (χ1v) is 7.20. The van der Waals surface area contributed by atoms with Gasteiger partial charge in [-0.2, -0.15) is 4.37 Å². The van der Waals surface area contributed by atoms with Crippen LogP contribution in [0.3, 0.4) is 0 Å². The number of nitrogens with zero attached hydrogens (tertiary/aromatic N) is 2. The fourth-order valence-corrected chi connectivity index (χ4v) is 4.15. The van der Waals surface area contributed by atoms with Crippen LogP contribution in [0.2, 0.25) is 0 Å². The first-order chi connectivity index (χ1) is 8.03. The molecule has 94 valence electrons. The summed E-state index contributed by atoms with van der Waals surface area (Å²) < 4.78 is 5.13. The molecule has 1 aliphatic rings. The van der Waals surface area contributed by atoms with Crippen molar-refractivity contribution in [1.29, 1.82) is 0 Å². The molecule has 0 bridgehead atoms. The number of nitrogens with two attached hydrogens (primary N) is 1. The molecule has 1 fully saturated rings. The molecule has 3 N–H and O–H groups in total. The van der Waals surface area contributed by atoms with Crippen LogP contribution in [-0.4, -0.2) is 31.2 Å². The quantitative estimate of drug-likeness (QED) is 0.864. The number of hydrogen-bond acceptors (Lipinski definition) is 6. The minimum Gasteiger partial charge on any atom is -0.480 e. The van der Waals surface area contributed by atoms with Gasteiger partial charge in [0.15, 0.2) is 4.34 Å². The summed E-state index contributed by atoms with van der Waals surface area (Å²) in [5.41, 5.74) is 4.79. The summed E-state index contributed by atoms with van der Waals surface area (Å²) in [5, 5.41) is 9.28. The summed E-state index contributed by atoms with van der Waals surface area (Å²) in [7, 11) is 0. The van der Waals surface area contributed by atoms with Gasteiger partial charge in [-0.25, -0.2) is 4.98 Å². The van der Waals surface area contributed by atoms with E-state index in [4.69, 9.17) is 10.8 Å². The second-order valence-electron chi connectivity index (χ2n) is 4.27. The molecule has 0 aliphatic heterocycles. The van der Waals surface area contributed by atoms with Gasteiger partial charge in [0.2, 0.25) is 0 Å². The van der Waals surface area contributed by atoms with Gasteiger partial charge >= 0.3 is 5.97 Å². The average molecular weight is 273 g/mol. The van der Waals surface area contributed by atoms with Gasteiger partial charge in [-0.3, -0.25) is 4.79 Å². The van der Waals surface area contributed by atoms with Crippen molar-refractivity contribution in [1.82, 2.24) is 9.36 Å². The molecule has 0 aromatic carbocycles. The van der Waals surface area contributed by atoms with Crippen molar-refractivity contribution in [3.05, 3.63) is 5.82 Å². The van der Waals surface area contributed by atoms with Crippen LogP contribution >= 0.6 is 23.3 Å². The maximum Gasteiger partial charge on any atom is 0.323 e. The Bertz CT molecular complexity index is 423. The van der Waals surface area contributed by atoms with E-state index in [2.05, 4.69) is 9.36 Å². The normalized spacial score (nSPS) is 28.5. The van der Waals surface area contributed by atoms with E-state index in [-0.39, 0.29) is 5.25 Å². The first-order valence-electron chi connectivity index (χ1n) is 5.55. The molecule has 5 nitrogen and oxygen atoms in total. The molecule has 0 radical (unpaired) electrons. The van der Waals surface area contributed by atoms with Crippen LogP contribution in [0.5, 0.6) is 0 Å². The maximum absolute atomic E-state index is 11.0. The van der Waals surface area contributed by atoms with E-state index < -0.39 is 11.5 Å². The number of hydrogen-bond donors (Lipinski definition) is 2. The molecule has 1 saturated carbocycles. The maximum atomic E-state index is 11.0. The molecule has 1 aliphatic carbocycles. The van der Waals surface area contributed by atoms with Crippen molar-refractivity contribution in [3.8, 4) is 0 Å². The zero-order valence-electron chi connectivity index (χ0n) is 9.55. The molecule has 1 aromatic rings. The number of rotatable bonds is 4. The Morgan fingerprint density at radius 1 is 1.76 bits per heavy atom. The van der Waals surface area contributed by atoms with Crippen molar-refractivity contribution >= 4 is 29.3 Å². The van der Waals surface area contributed by atoms with Gasteiger partial charge in [0.05, 0.1) is 0 Å². The molecule has 2 rings (SSSR count). The lowest BCUT2D eigenvalue weighted by Gasteiger charge is -2.17. The molecular formula is C10H15N3O2S2. The Hall–Kier alpha value is -0.660. The number of thioether (sulfide) groups is 1. The highest BCUT2D eigenvalue weighted by molar-refractivity contribution is 8.01. The molecule has 1 aromatic heterocycles. The zero-order valence-corrected chi connectivity index (χ0v) is 11.2. The van der Waals surface area contributed by atoms with E-state index in [1.54, 1.807) is 11.8 Å². The highest BCUT2D eigenvalue weighted by Gasteiger charge is 2.42. The Kier molecular flexibility index (Phi) is 3.70. The van der Waals surface area contributed by atoms with E-state index in [1.165, 1.54) is 11.5 Å². The van der Waals surface area contributed by atoms with Gasteiger partial charge in [-0.15, -0.1) is 0 Å².